The number of hydrogen-bond acceptors (Lipinski definition) is 1. The van der Waals surface area contributed by atoms with E-state index >= 15 is 0 Å². The van der Waals surface area contributed by atoms with Gasteiger partial charge in [0.2, 0.25) is 0 Å². The molecule has 0 N–H and O–H groups in total. The quantitative estimate of drug-likeness (QED) is 0.725. The zero-order valence-corrected chi connectivity index (χ0v) is 10.6. The average Bonchev–Trinajstić information content (AvgIpc) is 2.47. The Morgan fingerprint density at radius 2 is 2.33 bits per heavy atom. The second-order valence-electron chi connectivity index (χ2n) is 3.27. The van der Waals surface area contributed by atoms with Gasteiger partial charge in [-0.15, -0.1) is 11.3 Å². The molecule has 0 spiro atoms. The zero-order valence-electron chi connectivity index (χ0n) is 7.64. The Bertz CT molecular complexity index is 229. The molecule has 0 fully saturated rings. The van der Waals surface area contributed by atoms with E-state index in [-0.39, 0.29) is 0 Å². The van der Waals surface area contributed by atoms with Crippen molar-refractivity contribution in [2.24, 2.45) is 5.92 Å². The third-order valence-corrected chi connectivity index (χ3v) is 4.49. The first-order valence-electron chi connectivity index (χ1n) is 4.46. The van der Waals surface area contributed by atoms with Crippen molar-refractivity contribution in [2.45, 2.75) is 33.1 Å². The Morgan fingerprint density at radius 1 is 1.58 bits per heavy atom. The summed E-state index contributed by atoms with van der Waals surface area (Å²) in [4.78, 5) is 0. The maximum absolute atomic E-state index is 2.43. The molecule has 0 aliphatic carbocycles. The molecule has 1 aromatic rings. The van der Waals surface area contributed by atoms with Gasteiger partial charge in [0.05, 0.1) is 2.88 Å². The highest BCUT2D eigenvalue weighted by Crippen LogP contribution is 2.22. The van der Waals surface area contributed by atoms with Crippen LogP contribution in [0.2, 0.25) is 0 Å². The second kappa shape index (κ2) is 5.22. The number of thiophene rings is 1. The van der Waals surface area contributed by atoms with Crippen LogP contribution in [-0.2, 0) is 6.42 Å². The van der Waals surface area contributed by atoms with Crippen molar-refractivity contribution >= 4 is 33.9 Å². The van der Waals surface area contributed by atoms with Gasteiger partial charge < -0.3 is 0 Å². The van der Waals surface area contributed by atoms with E-state index in [4.69, 9.17) is 0 Å². The van der Waals surface area contributed by atoms with E-state index < -0.39 is 0 Å². The molecular formula is C10H15IS. The normalized spacial score (nSPS) is 13.2. The van der Waals surface area contributed by atoms with Gasteiger partial charge in [0, 0.05) is 0 Å². The van der Waals surface area contributed by atoms with Crippen molar-refractivity contribution in [3.8, 4) is 0 Å². The van der Waals surface area contributed by atoms with Crippen LogP contribution < -0.4 is 0 Å². The van der Waals surface area contributed by atoms with Crippen molar-refractivity contribution in [1.82, 2.24) is 0 Å². The third-order valence-electron chi connectivity index (χ3n) is 2.30. The highest BCUT2D eigenvalue weighted by molar-refractivity contribution is 14.1. The molecule has 0 radical (unpaired) electrons. The Kier molecular flexibility index (Phi) is 4.57. The fraction of sp³-hybridized carbons (Fsp3) is 0.600. The summed E-state index contributed by atoms with van der Waals surface area (Å²) in [6.45, 7) is 4.60. The first kappa shape index (κ1) is 10.5. The summed E-state index contributed by atoms with van der Waals surface area (Å²) in [7, 11) is 0. The maximum atomic E-state index is 2.43. The highest BCUT2D eigenvalue weighted by Gasteiger charge is 2.03. The summed E-state index contributed by atoms with van der Waals surface area (Å²) >= 11 is 4.28. The summed E-state index contributed by atoms with van der Waals surface area (Å²) in [6, 6.07) is 2.26. The Balaban J connectivity index is 2.38. The second-order valence-corrected chi connectivity index (χ2v) is 6.00. The fourth-order valence-electron chi connectivity index (χ4n) is 1.10. The molecule has 1 atom stereocenters. The van der Waals surface area contributed by atoms with Gasteiger partial charge >= 0.3 is 0 Å². The van der Waals surface area contributed by atoms with Gasteiger partial charge in [-0.05, 0) is 58.4 Å². The number of rotatable bonds is 4. The van der Waals surface area contributed by atoms with Crippen LogP contribution in [0.1, 0.15) is 32.3 Å². The van der Waals surface area contributed by atoms with E-state index in [1.807, 2.05) is 11.3 Å². The molecular weight excluding hydrogens is 279 g/mol. The monoisotopic (exact) mass is 294 g/mol. The largest absolute Gasteiger partial charge is 0.137 e. The summed E-state index contributed by atoms with van der Waals surface area (Å²) in [6.07, 6.45) is 3.90. The van der Waals surface area contributed by atoms with Crippen LogP contribution in [0.4, 0.5) is 0 Å². The molecule has 0 saturated heterocycles. The van der Waals surface area contributed by atoms with Gasteiger partial charge in [0.25, 0.3) is 0 Å². The van der Waals surface area contributed by atoms with Crippen LogP contribution in [0.25, 0.3) is 0 Å². The predicted molar refractivity (Wildman–Crippen MR) is 64.8 cm³/mol. The van der Waals surface area contributed by atoms with Gasteiger partial charge in [0.15, 0.2) is 0 Å². The Labute approximate surface area is 92.5 Å². The maximum Gasteiger partial charge on any atom is 0.0685 e. The number of hydrogen-bond donors (Lipinski definition) is 0. The van der Waals surface area contributed by atoms with Crippen LogP contribution in [0.3, 0.4) is 0 Å². The lowest BCUT2D eigenvalue weighted by Gasteiger charge is -2.06. The molecule has 68 valence electrons. The SMILES string of the molecule is CCC(C)CCc1ccsc1I. The molecule has 1 heterocycles. The standard InChI is InChI=1S/C10H15IS/c1-3-8(2)4-5-9-6-7-12-10(9)11/h6-8H,3-5H2,1-2H3. The lowest BCUT2D eigenvalue weighted by atomic mass is 10.0. The first-order valence-corrected chi connectivity index (χ1v) is 6.41. The number of halogens is 1. The van der Waals surface area contributed by atoms with Crippen LogP contribution in [0.15, 0.2) is 11.4 Å². The summed E-state index contributed by atoms with van der Waals surface area (Å²) < 4.78 is 1.47. The van der Waals surface area contributed by atoms with E-state index in [0.717, 1.165) is 5.92 Å². The predicted octanol–water partition coefficient (Wildman–Crippen LogP) is 4.33. The van der Waals surface area contributed by atoms with E-state index in [0.29, 0.717) is 0 Å². The van der Waals surface area contributed by atoms with Crippen molar-refractivity contribution in [2.75, 3.05) is 0 Å². The van der Waals surface area contributed by atoms with Gasteiger partial charge in [-0.2, -0.15) is 0 Å². The Morgan fingerprint density at radius 3 is 2.83 bits per heavy atom. The van der Waals surface area contributed by atoms with E-state index in [9.17, 15) is 0 Å². The van der Waals surface area contributed by atoms with Gasteiger partial charge in [-0.3, -0.25) is 0 Å². The lowest BCUT2D eigenvalue weighted by molar-refractivity contribution is 0.516. The smallest absolute Gasteiger partial charge is 0.0685 e. The molecule has 1 aromatic heterocycles. The minimum Gasteiger partial charge on any atom is -0.137 e. The molecule has 0 amide bonds. The summed E-state index contributed by atoms with van der Waals surface area (Å²) in [5.74, 6) is 0.876. The minimum atomic E-state index is 0.876. The van der Waals surface area contributed by atoms with Crippen molar-refractivity contribution < 1.29 is 0 Å². The average molecular weight is 294 g/mol. The van der Waals surface area contributed by atoms with Crippen LogP contribution in [-0.4, -0.2) is 0 Å². The molecule has 12 heavy (non-hydrogen) atoms. The number of aryl methyl sites for hydroxylation is 1. The molecule has 0 aromatic carbocycles. The van der Waals surface area contributed by atoms with E-state index in [2.05, 4.69) is 47.9 Å². The highest BCUT2D eigenvalue weighted by atomic mass is 127. The van der Waals surface area contributed by atoms with E-state index in [1.54, 1.807) is 5.56 Å². The topological polar surface area (TPSA) is 0 Å². The van der Waals surface area contributed by atoms with Gasteiger partial charge in [0.1, 0.15) is 0 Å². The first-order chi connectivity index (χ1) is 5.74. The molecule has 0 nitrogen and oxygen atoms in total. The zero-order chi connectivity index (χ0) is 8.97. The molecule has 1 unspecified atom stereocenters. The fourth-order valence-corrected chi connectivity index (χ4v) is 2.67. The lowest BCUT2D eigenvalue weighted by Crippen LogP contribution is -1.95. The van der Waals surface area contributed by atoms with E-state index in [1.165, 1.54) is 22.1 Å². The van der Waals surface area contributed by atoms with Crippen molar-refractivity contribution in [3.05, 3.63) is 19.9 Å². The van der Waals surface area contributed by atoms with Crippen LogP contribution in [0, 0.1) is 8.80 Å². The molecule has 0 aliphatic heterocycles. The van der Waals surface area contributed by atoms with Crippen molar-refractivity contribution in [3.63, 3.8) is 0 Å². The van der Waals surface area contributed by atoms with Crippen molar-refractivity contribution in [1.29, 1.82) is 0 Å². The minimum absolute atomic E-state index is 0.876. The van der Waals surface area contributed by atoms with Crippen LogP contribution in [0.5, 0.6) is 0 Å². The molecule has 0 saturated carbocycles. The third kappa shape index (κ3) is 3.05. The van der Waals surface area contributed by atoms with Gasteiger partial charge in [-0.1, -0.05) is 20.3 Å². The molecule has 2 heteroatoms. The molecule has 0 aliphatic rings. The summed E-state index contributed by atoms with van der Waals surface area (Å²) in [5, 5.41) is 2.19. The summed E-state index contributed by atoms with van der Waals surface area (Å²) in [5.41, 5.74) is 1.54. The van der Waals surface area contributed by atoms with Crippen LogP contribution >= 0.6 is 33.9 Å². The molecule has 0 bridgehead atoms. The Hall–Kier alpha value is 0.430. The molecule has 1 rings (SSSR count). The van der Waals surface area contributed by atoms with Gasteiger partial charge in [-0.25, -0.2) is 0 Å².